The number of carbonyl (C=O) groups is 1. The van der Waals surface area contributed by atoms with Gasteiger partial charge in [0.1, 0.15) is 0 Å². The first-order valence-corrected chi connectivity index (χ1v) is 7.30. The Kier molecular flexibility index (Phi) is 4.63. The van der Waals surface area contributed by atoms with Crippen LogP contribution in [0, 0.1) is 0 Å². The summed E-state index contributed by atoms with van der Waals surface area (Å²) in [5, 5.41) is 2.73. The standard InChI is InChI=1S/C14H16N2O2S/c1-10(19-2)14(17)16-9-13-15-8-12(18-13)11-6-4-3-5-7-11/h3-8,10H,9H2,1-2H3,(H,16,17). The van der Waals surface area contributed by atoms with Crippen molar-refractivity contribution in [3.05, 3.63) is 42.4 Å². The maximum atomic E-state index is 11.6. The number of aromatic nitrogens is 1. The van der Waals surface area contributed by atoms with Gasteiger partial charge in [-0.2, -0.15) is 11.8 Å². The first-order valence-electron chi connectivity index (χ1n) is 6.01. The molecule has 1 aromatic heterocycles. The molecule has 0 saturated heterocycles. The summed E-state index contributed by atoms with van der Waals surface area (Å²) in [7, 11) is 0. The molecule has 1 aromatic carbocycles. The first-order chi connectivity index (χ1) is 9.20. The number of thioether (sulfide) groups is 1. The van der Waals surface area contributed by atoms with Crippen LogP contribution in [0.1, 0.15) is 12.8 Å². The SMILES string of the molecule is CSC(C)C(=O)NCc1ncc(-c2ccccc2)o1. The molecular formula is C14H16N2O2S. The van der Waals surface area contributed by atoms with Crippen LogP contribution in [-0.4, -0.2) is 22.4 Å². The van der Waals surface area contributed by atoms with Crippen LogP contribution in [0.2, 0.25) is 0 Å². The fourth-order valence-electron chi connectivity index (χ4n) is 1.54. The van der Waals surface area contributed by atoms with E-state index in [0.29, 0.717) is 18.2 Å². The van der Waals surface area contributed by atoms with Crippen molar-refractivity contribution in [3.8, 4) is 11.3 Å². The summed E-state index contributed by atoms with van der Waals surface area (Å²) in [5.41, 5.74) is 0.977. The van der Waals surface area contributed by atoms with Crippen LogP contribution in [0.5, 0.6) is 0 Å². The van der Waals surface area contributed by atoms with Crippen molar-refractivity contribution in [3.63, 3.8) is 0 Å². The Bertz CT molecular complexity index is 539. The molecular weight excluding hydrogens is 260 g/mol. The lowest BCUT2D eigenvalue weighted by Crippen LogP contribution is -2.30. The Balaban J connectivity index is 1.97. The van der Waals surface area contributed by atoms with Crippen molar-refractivity contribution in [1.29, 1.82) is 0 Å². The summed E-state index contributed by atoms with van der Waals surface area (Å²) in [6.07, 6.45) is 3.58. The number of nitrogens with zero attached hydrogens (tertiary/aromatic N) is 1. The van der Waals surface area contributed by atoms with Gasteiger partial charge in [-0.3, -0.25) is 4.79 Å². The number of benzene rings is 1. The normalized spacial score (nSPS) is 12.1. The van der Waals surface area contributed by atoms with Crippen molar-refractivity contribution >= 4 is 17.7 Å². The number of hydrogen-bond acceptors (Lipinski definition) is 4. The summed E-state index contributed by atoms with van der Waals surface area (Å²) in [6, 6.07) is 9.75. The predicted octanol–water partition coefficient (Wildman–Crippen LogP) is 2.71. The molecule has 0 radical (unpaired) electrons. The number of nitrogens with one attached hydrogen (secondary N) is 1. The average molecular weight is 276 g/mol. The maximum Gasteiger partial charge on any atom is 0.233 e. The van der Waals surface area contributed by atoms with E-state index in [1.165, 1.54) is 11.8 Å². The minimum absolute atomic E-state index is 0.00744. The highest BCUT2D eigenvalue weighted by molar-refractivity contribution is 7.99. The lowest BCUT2D eigenvalue weighted by Gasteiger charge is -2.07. The molecule has 1 N–H and O–H groups in total. The molecule has 100 valence electrons. The third-order valence-corrected chi connectivity index (χ3v) is 3.67. The first kappa shape index (κ1) is 13.7. The summed E-state index contributed by atoms with van der Waals surface area (Å²) in [6.45, 7) is 2.18. The molecule has 5 heteroatoms. The van der Waals surface area contributed by atoms with Gasteiger partial charge in [-0.25, -0.2) is 4.98 Å². The monoisotopic (exact) mass is 276 g/mol. The molecule has 1 unspecified atom stereocenters. The Morgan fingerprint density at radius 3 is 2.84 bits per heavy atom. The Hall–Kier alpha value is -1.75. The summed E-state index contributed by atoms with van der Waals surface area (Å²) in [4.78, 5) is 15.8. The second kappa shape index (κ2) is 6.43. The van der Waals surface area contributed by atoms with Crippen molar-refractivity contribution in [1.82, 2.24) is 10.3 Å². The number of hydrogen-bond donors (Lipinski definition) is 1. The lowest BCUT2D eigenvalue weighted by molar-refractivity contribution is -0.120. The predicted molar refractivity (Wildman–Crippen MR) is 76.8 cm³/mol. The molecule has 0 aliphatic rings. The average Bonchev–Trinajstić information content (AvgIpc) is 2.93. The smallest absolute Gasteiger partial charge is 0.233 e. The van der Waals surface area contributed by atoms with E-state index in [0.717, 1.165) is 5.56 Å². The van der Waals surface area contributed by atoms with Crippen molar-refractivity contribution in [2.45, 2.75) is 18.7 Å². The molecule has 1 atom stereocenters. The van der Waals surface area contributed by atoms with Crippen LogP contribution in [0.4, 0.5) is 0 Å². The van der Waals surface area contributed by atoms with Gasteiger partial charge in [-0.15, -0.1) is 0 Å². The van der Waals surface area contributed by atoms with Gasteiger partial charge < -0.3 is 9.73 Å². The molecule has 19 heavy (non-hydrogen) atoms. The van der Waals surface area contributed by atoms with Gasteiger partial charge in [0.15, 0.2) is 5.76 Å². The van der Waals surface area contributed by atoms with Crippen LogP contribution < -0.4 is 5.32 Å². The minimum Gasteiger partial charge on any atom is -0.439 e. The van der Waals surface area contributed by atoms with Crippen molar-refractivity contribution in [2.75, 3.05) is 6.26 Å². The zero-order chi connectivity index (χ0) is 13.7. The molecule has 0 aliphatic heterocycles. The van der Waals surface area contributed by atoms with E-state index in [2.05, 4.69) is 10.3 Å². The third kappa shape index (κ3) is 3.61. The fourth-order valence-corrected chi connectivity index (χ4v) is 1.84. The highest BCUT2D eigenvalue weighted by atomic mass is 32.2. The Labute approximate surface area is 116 Å². The zero-order valence-electron chi connectivity index (χ0n) is 10.9. The number of rotatable bonds is 5. The van der Waals surface area contributed by atoms with E-state index in [1.54, 1.807) is 6.20 Å². The molecule has 2 aromatic rings. The summed E-state index contributed by atoms with van der Waals surface area (Å²) >= 11 is 1.51. The molecule has 4 nitrogen and oxygen atoms in total. The molecule has 0 fully saturated rings. The van der Waals surface area contributed by atoms with Crippen molar-refractivity contribution in [2.24, 2.45) is 0 Å². The van der Waals surface area contributed by atoms with Crippen LogP contribution in [-0.2, 0) is 11.3 Å². The second-order valence-corrected chi connectivity index (χ2v) is 5.26. The third-order valence-electron chi connectivity index (χ3n) is 2.75. The number of amides is 1. The topological polar surface area (TPSA) is 55.1 Å². The summed E-state index contributed by atoms with van der Waals surface area (Å²) < 4.78 is 5.60. The zero-order valence-corrected chi connectivity index (χ0v) is 11.7. The fraction of sp³-hybridized carbons (Fsp3) is 0.286. The van der Waals surface area contributed by atoms with Crippen LogP contribution >= 0.6 is 11.8 Å². The van der Waals surface area contributed by atoms with E-state index >= 15 is 0 Å². The van der Waals surface area contributed by atoms with Crippen molar-refractivity contribution < 1.29 is 9.21 Å². The van der Waals surface area contributed by atoms with E-state index in [9.17, 15) is 4.79 Å². The quantitative estimate of drug-likeness (QED) is 0.912. The molecule has 1 heterocycles. The largest absolute Gasteiger partial charge is 0.439 e. The lowest BCUT2D eigenvalue weighted by atomic mass is 10.2. The van der Waals surface area contributed by atoms with Gasteiger partial charge in [-0.1, -0.05) is 30.3 Å². The van der Waals surface area contributed by atoms with Gasteiger partial charge in [0.05, 0.1) is 18.0 Å². The Morgan fingerprint density at radius 2 is 2.16 bits per heavy atom. The molecule has 0 bridgehead atoms. The van der Waals surface area contributed by atoms with E-state index in [4.69, 9.17) is 4.42 Å². The number of carbonyl (C=O) groups excluding carboxylic acids is 1. The Morgan fingerprint density at radius 1 is 1.42 bits per heavy atom. The van der Waals surface area contributed by atoms with E-state index in [1.807, 2.05) is 43.5 Å². The van der Waals surface area contributed by atoms with Crippen LogP contribution in [0.3, 0.4) is 0 Å². The highest BCUT2D eigenvalue weighted by Gasteiger charge is 2.12. The maximum absolute atomic E-state index is 11.6. The highest BCUT2D eigenvalue weighted by Crippen LogP contribution is 2.19. The summed E-state index contributed by atoms with van der Waals surface area (Å²) in [5.74, 6) is 1.22. The number of oxazole rings is 1. The van der Waals surface area contributed by atoms with Crippen LogP contribution in [0.15, 0.2) is 40.9 Å². The van der Waals surface area contributed by atoms with Gasteiger partial charge in [0.25, 0.3) is 0 Å². The molecule has 0 aliphatic carbocycles. The molecule has 0 spiro atoms. The van der Waals surface area contributed by atoms with Gasteiger partial charge in [0, 0.05) is 5.56 Å². The van der Waals surface area contributed by atoms with Gasteiger partial charge in [-0.05, 0) is 13.2 Å². The molecule has 1 amide bonds. The van der Waals surface area contributed by atoms with Crippen LogP contribution in [0.25, 0.3) is 11.3 Å². The molecule has 2 rings (SSSR count). The second-order valence-electron chi connectivity index (χ2n) is 4.08. The van der Waals surface area contributed by atoms with E-state index in [-0.39, 0.29) is 11.2 Å². The van der Waals surface area contributed by atoms with E-state index < -0.39 is 0 Å². The molecule has 0 saturated carbocycles. The van der Waals surface area contributed by atoms with Gasteiger partial charge in [0.2, 0.25) is 11.8 Å². The minimum atomic E-state index is -0.0662. The van der Waals surface area contributed by atoms with Gasteiger partial charge >= 0.3 is 0 Å².